The first-order valence-electron chi connectivity index (χ1n) is 7.69. The average Bonchev–Trinajstić information content (AvgIpc) is 2.64. The van der Waals surface area contributed by atoms with E-state index in [0.717, 1.165) is 0 Å². The summed E-state index contributed by atoms with van der Waals surface area (Å²) in [5.74, 6) is -0.557. The monoisotopic (exact) mass is 667 g/mol. The third-order valence-corrected chi connectivity index (χ3v) is 2.88. The molecular formula is C18H12Cl2F6N2O2Pt. The van der Waals surface area contributed by atoms with Crippen LogP contribution in [-0.4, -0.2) is 12.7 Å². The Morgan fingerprint density at radius 3 is 1.13 bits per heavy atom. The van der Waals surface area contributed by atoms with Crippen molar-refractivity contribution in [3.8, 4) is 23.6 Å². The van der Waals surface area contributed by atoms with Gasteiger partial charge in [-0.1, -0.05) is 24.3 Å². The summed E-state index contributed by atoms with van der Waals surface area (Å²) in [6, 6.07) is 14.2. The van der Waals surface area contributed by atoms with E-state index in [1.54, 1.807) is 0 Å². The molecule has 0 amide bonds. The van der Waals surface area contributed by atoms with Gasteiger partial charge in [0.1, 0.15) is 11.5 Å². The van der Waals surface area contributed by atoms with E-state index in [4.69, 9.17) is 29.4 Å². The second-order valence-corrected chi connectivity index (χ2v) is 8.38. The molecule has 31 heavy (non-hydrogen) atoms. The van der Waals surface area contributed by atoms with Gasteiger partial charge in [-0.05, 0) is 35.4 Å². The maximum absolute atomic E-state index is 11.7. The van der Waals surface area contributed by atoms with Crippen molar-refractivity contribution in [2.24, 2.45) is 0 Å². The van der Waals surface area contributed by atoms with Gasteiger partial charge < -0.3 is 9.47 Å². The summed E-state index contributed by atoms with van der Waals surface area (Å²) in [6.07, 6.45) is -8.99. The number of ether oxygens (including phenoxy) is 2. The fraction of sp³-hybridized carbons (Fsp3) is 0.222. The Balaban J connectivity index is 0.000000516. The van der Waals surface area contributed by atoms with Crippen LogP contribution in [0, 0.1) is 22.7 Å². The minimum atomic E-state index is -4.67. The van der Waals surface area contributed by atoms with E-state index in [9.17, 15) is 26.3 Å². The second-order valence-electron chi connectivity index (χ2n) is 5.10. The maximum atomic E-state index is 11.7. The van der Waals surface area contributed by atoms with Crippen LogP contribution in [0.2, 0.25) is 0 Å². The van der Waals surface area contributed by atoms with Crippen molar-refractivity contribution < 1.29 is 52.3 Å². The van der Waals surface area contributed by atoms with E-state index < -0.39 is 29.2 Å². The molecule has 0 aromatic heterocycles. The number of nitriles is 2. The molecule has 0 atom stereocenters. The van der Waals surface area contributed by atoms with Gasteiger partial charge in [0.2, 0.25) is 0 Å². The zero-order valence-corrected chi connectivity index (χ0v) is 18.9. The van der Waals surface area contributed by atoms with Crippen molar-refractivity contribution >= 4 is 18.8 Å². The first-order valence-corrected chi connectivity index (χ1v) is 13.3. The van der Waals surface area contributed by atoms with Crippen LogP contribution in [0.5, 0.6) is 11.5 Å². The number of hydrogen-bond donors (Lipinski definition) is 0. The Bertz CT molecular complexity index is 777. The van der Waals surface area contributed by atoms with Gasteiger partial charge in [0, 0.05) is 0 Å². The Morgan fingerprint density at radius 1 is 0.677 bits per heavy atom. The average molecular weight is 668 g/mol. The van der Waals surface area contributed by atoms with Gasteiger partial charge in [0.05, 0.1) is 25.0 Å². The van der Waals surface area contributed by atoms with Crippen LogP contribution in [0.25, 0.3) is 0 Å². The Morgan fingerprint density at radius 2 is 0.935 bits per heavy atom. The Hall–Kier alpha value is -2.13. The van der Waals surface area contributed by atoms with Gasteiger partial charge in [0.15, 0.2) is 0 Å². The van der Waals surface area contributed by atoms with Crippen molar-refractivity contribution in [1.82, 2.24) is 0 Å². The molecule has 0 saturated carbocycles. The van der Waals surface area contributed by atoms with E-state index in [1.807, 2.05) is 12.1 Å². The summed E-state index contributed by atoms with van der Waals surface area (Å²) in [5, 5.41) is 16.6. The molecule has 172 valence electrons. The number of nitrogens with zero attached hydrogens (tertiary/aromatic N) is 2. The third-order valence-electron chi connectivity index (χ3n) is 2.88. The van der Waals surface area contributed by atoms with E-state index in [2.05, 4.69) is 9.47 Å². The molecule has 0 aliphatic rings. The van der Waals surface area contributed by atoms with Gasteiger partial charge >= 0.3 is 48.0 Å². The molecule has 0 heterocycles. The Kier molecular flexibility index (Phi) is 13.8. The summed E-state index contributed by atoms with van der Waals surface area (Å²) in [5.41, 5.74) is 1.31. The van der Waals surface area contributed by atoms with Crippen molar-refractivity contribution in [3.63, 3.8) is 0 Å². The minimum absolute atomic E-state index is 0.173. The van der Waals surface area contributed by atoms with Crippen molar-refractivity contribution in [2.45, 2.75) is 25.6 Å². The second kappa shape index (κ2) is 14.8. The van der Waals surface area contributed by atoms with E-state index in [1.165, 1.54) is 48.5 Å². The van der Waals surface area contributed by atoms with Crippen molar-refractivity contribution in [2.75, 3.05) is 0 Å². The molecule has 0 fully saturated rings. The predicted octanol–water partition coefficient (Wildman–Crippen LogP) is 6.68. The van der Waals surface area contributed by atoms with Crippen LogP contribution < -0.4 is 9.47 Å². The zero-order valence-electron chi connectivity index (χ0n) is 15.1. The molecule has 0 aliphatic heterocycles. The summed E-state index contributed by atoms with van der Waals surface area (Å²) in [6.45, 7) is 0. The number of alkyl halides is 6. The van der Waals surface area contributed by atoms with E-state index >= 15 is 0 Å². The van der Waals surface area contributed by atoms with E-state index in [-0.39, 0.29) is 24.3 Å². The summed E-state index contributed by atoms with van der Waals surface area (Å²) >= 11 is -0.472. The molecule has 0 spiro atoms. The SMILES string of the molecule is N#CCc1ccc(OC(F)(F)F)cc1.N#CCc1ccc(OC(F)(F)F)cc1.[Cl][Pt][Cl]. The molecule has 0 saturated heterocycles. The van der Waals surface area contributed by atoms with Gasteiger partial charge in [-0.2, -0.15) is 10.5 Å². The van der Waals surface area contributed by atoms with Gasteiger partial charge in [-0.15, -0.1) is 26.3 Å². The molecule has 0 bridgehead atoms. The molecule has 2 rings (SSSR count). The van der Waals surface area contributed by atoms with Crippen molar-refractivity contribution in [3.05, 3.63) is 59.7 Å². The first kappa shape index (κ1) is 28.9. The number of benzene rings is 2. The van der Waals surface area contributed by atoms with Crippen molar-refractivity contribution in [1.29, 1.82) is 10.5 Å². The quantitative estimate of drug-likeness (QED) is 0.342. The van der Waals surface area contributed by atoms with Gasteiger partial charge in [-0.3, -0.25) is 0 Å². The standard InChI is InChI=1S/2C9H6F3NO.2ClH.Pt/c2*10-9(11,12)14-8-3-1-7(2-4-8)5-6-13;;;/h2*1-4H,5H2;2*1H;/q;;;;+2/p-2. The molecule has 0 aliphatic carbocycles. The molecule has 0 unspecified atom stereocenters. The Labute approximate surface area is 190 Å². The van der Waals surface area contributed by atoms with Gasteiger partial charge in [-0.25, -0.2) is 0 Å². The van der Waals surface area contributed by atoms with Crippen LogP contribution in [0.1, 0.15) is 11.1 Å². The van der Waals surface area contributed by atoms with Crippen LogP contribution in [0.15, 0.2) is 48.5 Å². The van der Waals surface area contributed by atoms with Gasteiger partial charge in [0.25, 0.3) is 0 Å². The van der Waals surface area contributed by atoms with E-state index in [0.29, 0.717) is 11.1 Å². The normalized spacial score (nSPS) is 10.4. The van der Waals surface area contributed by atoms with Crippen LogP contribution in [-0.2, 0) is 29.3 Å². The summed E-state index contributed by atoms with van der Waals surface area (Å²) in [4.78, 5) is 0. The number of hydrogen-bond acceptors (Lipinski definition) is 4. The third kappa shape index (κ3) is 16.3. The molecular weight excluding hydrogens is 656 g/mol. The van der Waals surface area contributed by atoms with Crippen LogP contribution in [0.3, 0.4) is 0 Å². The number of rotatable bonds is 4. The molecule has 13 heteroatoms. The fourth-order valence-corrected chi connectivity index (χ4v) is 1.80. The van der Waals surface area contributed by atoms with Crippen LogP contribution in [0.4, 0.5) is 26.3 Å². The molecule has 0 radical (unpaired) electrons. The molecule has 4 nitrogen and oxygen atoms in total. The molecule has 2 aromatic rings. The summed E-state index contributed by atoms with van der Waals surface area (Å²) < 4.78 is 77.6. The molecule has 2 aromatic carbocycles. The summed E-state index contributed by atoms with van der Waals surface area (Å²) in [7, 11) is 9.75. The molecule has 0 N–H and O–H groups in total. The fourth-order valence-electron chi connectivity index (χ4n) is 1.80. The van der Waals surface area contributed by atoms with Crippen LogP contribution >= 0.6 is 18.8 Å². The topological polar surface area (TPSA) is 66.0 Å². The predicted molar refractivity (Wildman–Crippen MR) is 96.6 cm³/mol. The number of halogens is 8. The first-order chi connectivity index (χ1) is 14.4. The zero-order chi connectivity index (χ0) is 23.9.